The van der Waals surface area contributed by atoms with E-state index in [-0.39, 0.29) is 5.82 Å². The highest BCUT2D eigenvalue weighted by Crippen LogP contribution is 2.25. The highest BCUT2D eigenvalue weighted by atomic mass is 19.1. The maximum Gasteiger partial charge on any atom is 0.123 e. The molecule has 0 unspecified atom stereocenters. The van der Waals surface area contributed by atoms with Crippen molar-refractivity contribution >= 4 is 0 Å². The van der Waals surface area contributed by atoms with Crippen molar-refractivity contribution in [1.29, 1.82) is 0 Å². The minimum atomic E-state index is -0.635. The zero-order chi connectivity index (χ0) is 17.6. The monoisotopic (exact) mass is 343 g/mol. The van der Waals surface area contributed by atoms with Crippen molar-refractivity contribution in [2.45, 2.75) is 31.8 Å². The second-order valence-corrected chi connectivity index (χ2v) is 7.02. The molecule has 1 atom stereocenters. The number of hydrogen-bond donors (Lipinski definition) is 2. The van der Waals surface area contributed by atoms with Gasteiger partial charge < -0.3 is 15.1 Å². The average Bonchev–Trinajstić information content (AvgIpc) is 2.62. The van der Waals surface area contributed by atoms with Crippen LogP contribution in [-0.4, -0.2) is 34.7 Å². The van der Waals surface area contributed by atoms with E-state index < -0.39 is 6.10 Å². The zero-order valence-electron chi connectivity index (χ0n) is 14.4. The molecule has 1 saturated heterocycles. The van der Waals surface area contributed by atoms with Gasteiger partial charge in [-0.2, -0.15) is 0 Å². The van der Waals surface area contributed by atoms with Crippen LogP contribution in [0, 0.1) is 11.7 Å². The third-order valence-corrected chi connectivity index (χ3v) is 5.15. The van der Waals surface area contributed by atoms with Crippen molar-refractivity contribution in [3.8, 4) is 5.75 Å². The molecule has 2 aromatic carbocycles. The smallest absolute Gasteiger partial charge is 0.123 e. The van der Waals surface area contributed by atoms with E-state index in [1.54, 1.807) is 24.3 Å². The van der Waals surface area contributed by atoms with Gasteiger partial charge in [-0.1, -0.05) is 24.3 Å². The molecular weight excluding hydrogens is 317 g/mol. The summed E-state index contributed by atoms with van der Waals surface area (Å²) in [6.07, 6.45) is 3.83. The molecule has 2 N–H and O–H groups in total. The van der Waals surface area contributed by atoms with Gasteiger partial charge in [0, 0.05) is 6.54 Å². The van der Waals surface area contributed by atoms with Gasteiger partial charge in [0.1, 0.15) is 11.6 Å². The number of phenols is 1. The second kappa shape index (κ2) is 8.45. The number of likely N-dealkylation sites (tertiary alicyclic amines) is 1. The number of β-amino-alcohol motifs (C(OH)–C–C–N with tert-alkyl or cyclic N) is 1. The van der Waals surface area contributed by atoms with Crippen molar-refractivity contribution in [3.63, 3.8) is 0 Å². The first kappa shape index (κ1) is 17.9. The fourth-order valence-corrected chi connectivity index (χ4v) is 3.55. The van der Waals surface area contributed by atoms with Gasteiger partial charge in [-0.3, -0.25) is 0 Å². The summed E-state index contributed by atoms with van der Waals surface area (Å²) in [5.74, 6) is 0.717. The molecule has 1 fully saturated rings. The van der Waals surface area contributed by atoms with Crippen LogP contribution >= 0.6 is 0 Å². The maximum absolute atomic E-state index is 13.3. The summed E-state index contributed by atoms with van der Waals surface area (Å²) < 4.78 is 13.3. The van der Waals surface area contributed by atoms with Gasteiger partial charge in [-0.05, 0) is 80.1 Å². The Balaban J connectivity index is 1.41. The van der Waals surface area contributed by atoms with Crippen LogP contribution in [0.3, 0.4) is 0 Å². The largest absolute Gasteiger partial charge is 0.508 e. The Bertz CT molecular complexity index is 666. The van der Waals surface area contributed by atoms with E-state index in [0.29, 0.717) is 23.8 Å². The SMILES string of the molecule is Oc1ccc(CCC2CCN(C[C@H](O)c3cccc(F)c3)CC2)cc1. The number of hydrogen-bond acceptors (Lipinski definition) is 3. The number of aliphatic hydroxyl groups excluding tert-OH is 1. The molecule has 0 bridgehead atoms. The van der Waals surface area contributed by atoms with Crippen LogP contribution in [0.1, 0.15) is 36.5 Å². The van der Waals surface area contributed by atoms with Crippen LogP contribution in [0.2, 0.25) is 0 Å². The number of nitrogens with zero attached hydrogens (tertiary/aromatic N) is 1. The number of aliphatic hydroxyl groups is 1. The summed E-state index contributed by atoms with van der Waals surface area (Å²) >= 11 is 0. The Kier molecular flexibility index (Phi) is 6.05. The summed E-state index contributed by atoms with van der Waals surface area (Å²) in [4.78, 5) is 2.27. The summed E-state index contributed by atoms with van der Waals surface area (Å²) in [6.45, 7) is 2.52. The minimum absolute atomic E-state index is 0.301. The minimum Gasteiger partial charge on any atom is -0.508 e. The lowest BCUT2D eigenvalue weighted by Gasteiger charge is -2.33. The van der Waals surface area contributed by atoms with E-state index in [1.807, 2.05) is 12.1 Å². The zero-order valence-corrected chi connectivity index (χ0v) is 14.4. The molecule has 4 heteroatoms. The highest BCUT2D eigenvalue weighted by Gasteiger charge is 2.21. The van der Waals surface area contributed by atoms with E-state index in [0.717, 1.165) is 38.8 Å². The molecular formula is C21H26FNO2. The van der Waals surface area contributed by atoms with Crippen LogP contribution in [0.25, 0.3) is 0 Å². The summed E-state index contributed by atoms with van der Waals surface area (Å²) in [5.41, 5.74) is 1.91. The molecule has 0 radical (unpaired) electrons. The molecule has 1 aliphatic rings. The van der Waals surface area contributed by atoms with E-state index in [2.05, 4.69) is 4.90 Å². The van der Waals surface area contributed by atoms with Crippen LogP contribution in [-0.2, 0) is 6.42 Å². The first-order valence-electron chi connectivity index (χ1n) is 9.04. The summed E-state index contributed by atoms with van der Waals surface area (Å²) in [7, 11) is 0. The molecule has 0 spiro atoms. The molecule has 0 amide bonds. The predicted octanol–water partition coefficient (Wildman–Crippen LogP) is 3.91. The van der Waals surface area contributed by atoms with Crippen LogP contribution in [0.15, 0.2) is 48.5 Å². The highest BCUT2D eigenvalue weighted by molar-refractivity contribution is 5.26. The fraction of sp³-hybridized carbons (Fsp3) is 0.429. The quantitative estimate of drug-likeness (QED) is 0.836. The van der Waals surface area contributed by atoms with Crippen molar-refractivity contribution in [1.82, 2.24) is 4.90 Å². The number of rotatable bonds is 6. The standard InChI is InChI=1S/C21H26FNO2/c22-19-3-1-2-18(14-19)21(25)15-23-12-10-17(11-13-23)5-4-16-6-8-20(24)9-7-16/h1-3,6-9,14,17,21,24-25H,4-5,10-13,15H2/t21-/m0/s1. The third-order valence-electron chi connectivity index (χ3n) is 5.15. The number of halogens is 1. The van der Waals surface area contributed by atoms with Gasteiger partial charge in [-0.25, -0.2) is 4.39 Å². The third kappa shape index (κ3) is 5.28. The Morgan fingerprint density at radius 3 is 2.48 bits per heavy atom. The average molecular weight is 343 g/mol. The van der Waals surface area contributed by atoms with Crippen molar-refractivity contribution in [2.75, 3.05) is 19.6 Å². The number of piperidine rings is 1. The molecule has 0 aliphatic carbocycles. The molecule has 1 aliphatic heterocycles. The fourth-order valence-electron chi connectivity index (χ4n) is 3.55. The number of phenolic OH excluding ortho intramolecular Hbond substituents is 1. The second-order valence-electron chi connectivity index (χ2n) is 7.02. The van der Waals surface area contributed by atoms with Gasteiger partial charge in [0.05, 0.1) is 6.10 Å². The first-order valence-corrected chi connectivity index (χ1v) is 9.04. The first-order chi connectivity index (χ1) is 12.1. The van der Waals surface area contributed by atoms with Crippen LogP contribution < -0.4 is 0 Å². The van der Waals surface area contributed by atoms with Crippen molar-refractivity contribution in [3.05, 3.63) is 65.5 Å². The Hall–Kier alpha value is -1.91. The van der Waals surface area contributed by atoms with Crippen molar-refractivity contribution in [2.24, 2.45) is 5.92 Å². The Morgan fingerprint density at radius 2 is 1.80 bits per heavy atom. The van der Waals surface area contributed by atoms with Gasteiger partial charge >= 0.3 is 0 Å². The topological polar surface area (TPSA) is 43.7 Å². The van der Waals surface area contributed by atoms with E-state index in [4.69, 9.17) is 0 Å². The summed E-state index contributed by atoms with van der Waals surface area (Å²) in [6, 6.07) is 13.7. The van der Waals surface area contributed by atoms with E-state index in [1.165, 1.54) is 17.7 Å². The van der Waals surface area contributed by atoms with Gasteiger partial charge in [0.2, 0.25) is 0 Å². The molecule has 1 heterocycles. The number of benzene rings is 2. The number of aryl methyl sites for hydroxylation is 1. The maximum atomic E-state index is 13.3. The molecule has 2 aromatic rings. The van der Waals surface area contributed by atoms with Gasteiger partial charge in [-0.15, -0.1) is 0 Å². The Labute approximate surface area is 148 Å². The predicted molar refractivity (Wildman–Crippen MR) is 97.0 cm³/mol. The van der Waals surface area contributed by atoms with Crippen molar-refractivity contribution < 1.29 is 14.6 Å². The van der Waals surface area contributed by atoms with E-state index >= 15 is 0 Å². The lowest BCUT2D eigenvalue weighted by molar-refractivity contribution is 0.0879. The normalized spacial score (nSPS) is 17.5. The lowest BCUT2D eigenvalue weighted by Crippen LogP contribution is -2.36. The molecule has 25 heavy (non-hydrogen) atoms. The molecule has 134 valence electrons. The summed E-state index contributed by atoms with van der Waals surface area (Å²) in [5, 5.41) is 19.6. The van der Waals surface area contributed by atoms with Crippen LogP contribution in [0.4, 0.5) is 4.39 Å². The molecule has 0 saturated carbocycles. The molecule has 0 aromatic heterocycles. The van der Waals surface area contributed by atoms with Gasteiger partial charge in [0.15, 0.2) is 0 Å². The Morgan fingerprint density at radius 1 is 1.08 bits per heavy atom. The number of aromatic hydroxyl groups is 1. The molecule has 3 rings (SSSR count). The van der Waals surface area contributed by atoms with E-state index in [9.17, 15) is 14.6 Å². The lowest BCUT2D eigenvalue weighted by atomic mass is 9.90. The van der Waals surface area contributed by atoms with Gasteiger partial charge in [0.25, 0.3) is 0 Å². The molecule has 3 nitrogen and oxygen atoms in total. The van der Waals surface area contributed by atoms with Crippen LogP contribution in [0.5, 0.6) is 5.75 Å².